The summed E-state index contributed by atoms with van der Waals surface area (Å²) < 4.78 is 20.3. The minimum absolute atomic E-state index is 0.0155. The molecule has 33 heavy (non-hydrogen) atoms. The molecule has 4 rings (SSSR count). The van der Waals surface area contributed by atoms with Crippen molar-refractivity contribution in [2.75, 3.05) is 31.6 Å². The predicted molar refractivity (Wildman–Crippen MR) is 135 cm³/mol. The summed E-state index contributed by atoms with van der Waals surface area (Å²) in [5, 5.41) is 3.48. The first kappa shape index (κ1) is 23.4. The van der Waals surface area contributed by atoms with Crippen molar-refractivity contribution in [3.05, 3.63) is 53.7 Å². The zero-order valence-electron chi connectivity index (χ0n) is 20.2. The molecule has 1 aromatic heterocycles. The number of aliphatic imine (C=N–C) groups is 1. The molecule has 1 N–H and O–H groups in total. The molecule has 2 atom stereocenters. The highest BCUT2D eigenvalue weighted by atomic mass is 19.1. The van der Waals surface area contributed by atoms with Crippen LogP contribution in [-0.2, 0) is 6.42 Å². The average molecular weight is 451 g/mol. The highest BCUT2D eigenvalue weighted by molar-refractivity contribution is 6.04. The molecule has 5 nitrogen and oxygen atoms in total. The van der Waals surface area contributed by atoms with Gasteiger partial charge < -0.3 is 15.0 Å². The first-order chi connectivity index (χ1) is 15.9. The molecule has 1 saturated heterocycles. The fraction of sp³-hybridized carbons (Fsp3) is 0.481. The van der Waals surface area contributed by atoms with Crippen LogP contribution >= 0.6 is 0 Å². The molecule has 1 aliphatic carbocycles. The Morgan fingerprint density at radius 3 is 2.76 bits per heavy atom. The predicted octanol–water partition coefficient (Wildman–Crippen LogP) is 5.35. The van der Waals surface area contributed by atoms with E-state index in [1.54, 1.807) is 13.3 Å². The minimum atomic E-state index is -0.858. The van der Waals surface area contributed by atoms with E-state index in [0.29, 0.717) is 19.1 Å². The molecular weight excluding hydrogens is 415 g/mol. The van der Waals surface area contributed by atoms with Gasteiger partial charge in [-0.2, -0.15) is 0 Å². The van der Waals surface area contributed by atoms with Crippen molar-refractivity contribution >= 4 is 22.8 Å². The SMILES string of the molecule is C=C(C)c1c(CC)cc(OC)cc1/N=C(\C)c1cccnc1N1CC(F)C(CNC2CC2)C1. The number of allylic oxidation sites excluding steroid dienone is 1. The summed E-state index contributed by atoms with van der Waals surface area (Å²) in [6, 6.07) is 8.52. The summed E-state index contributed by atoms with van der Waals surface area (Å²) >= 11 is 0. The molecule has 0 spiro atoms. The highest BCUT2D eigenvalue weighted by Gasteiger charge is 2.35. The summed E-state index contributed by atoms with van der Waals surface area (Å²) in [7, 11) is 1.67. The van der Waals surface area contributed by atoms with Crippen molar-refractivity contribution in [2.45, 2.75) is 52.2 Å². The molecule has 2 aliphatic rings. The zero-order chi connectivity index (χ0) is 23.5. The van der Waals surface area contributed by atoms with Gasteiger partial charge in [-0.3, -0.25) is 4.99 Å². The molecule has 2 fully saturated rings. The number of rotatable bonds is 9. The third kappa shape index (κ3) is 5.27. The number of halogens is 1. The number of aromatic nitrogens is 1. The van der Waals surface area contributed by atoms with Crippen LogP contribution < -0.4 is 15.0 Å². The number of pyridine rings is 1. The number of alkyl halides is 1. The largest absolute Gasteiger partial charge is 0.497 e. The second-order valence-corrected chi connectivity index (χ2v) is 9.25. The van der Waals surface area contributed by atoms with E-state index in [1.807, 2.05) is 32.0 Å². The molecule has 2 heterocycles. The molecule has 176 valence electrons. The lowest BCUT2D eigenvalue weighted by Gasteiger charge is -2.21. The molecule has 2 unspecified atom stereocenters. The van der Waals surface area contributed by atoms with Gasteiger partial charge in [0.1, 0.15) is 17.7 Å². The van der Waals surface area contributed by atoms with Gasteiger partial charge in [-0.15, -0.1) is 0 Å². The zero-order valence-corrected chi connectivity index (χ0v) is 20.2. The molecule has 1 saturated carbocycles. The number of anilines is 1. The summed E-state index contributed by atoms with van der Waals surface area (Å²) in [5.74, 6) is 1.56. The van der Waals surface area contributed by atoms with Gasteiger partial charge in [0.2, 0.25) is 0 Å². The van der Waals surface area contributed by atoms with E-state index < -0.39 is 6.17 Å². The van der Waals surface area contributed by atoms with E-state index in [4.69, 9.17) is 9.73 Å². The van der Waals surface area contributed by atoms with Gasteiger partial charge >= 0.3 is 0 Å². The second-order valence-electron chi connectivity index (χ2n) is 9.25. The Morgan fingerprint density at radius 1 is 1.30 bits per heavy atom. The summed E-state index contributed by atoms with van der Waals surface area (Å²) in [5.41, 5.74) is 5.78. The Morgan fingerprint density at radius 2 is 2.09 bits per heavy atom. The van der Waals surface area contributed by atoms with Crippen molar-refractivity contribution in [1.82, 2.24) is 10.3 Å². The first-order valence-corrected chi connectivity index (χ1v) is 11.9. The van der Waals surface area contributed by atoms with E-state index in [9.17, 15) is 4.39 Å². The van der Waals surface area contributed by atoms with Crippen molar-refractivity contribution in [1.29, 1.82) is 0 Å². The number of ether oxygens (including phenoxy) is 1. The summed E-state index contributed by atoms with van der Waals surface area (Å²) in [4.78, 5) is 11.7. The quantitative estimate of drug-likeness (QED) is 0.523. The Kier molecular flexibility index (Phi) is 7.13. The molecule has 0 amide bonds. The fourth-order valence-corrected chi connectivity index (χ4v) is 4.61. The average Bonchev–Trinajstić information content (AvgIpc) is 3.57. The minimum Gasteiger partial charge on any atom is -0.497 e. The molecule has 6 heteroatoms. The Labute approximate surface area is 196 Å². The first-order valence-electron chi connectivity index (χ1n) is 11.9. The maximum atomic E-state index is 14.8. The van der Waals surface area contributed by atoms with Crippen LogP contribution in [0.5, 0.6) is 5.75 Å². The van der Waals surface area contributed by atoms with Crippen LogP contribution in [0.3, 0.4) is 0 Å². The van der Waals surface area contributed by atoms with Crippen molar-refractivity contribution in [3.63, 3.8) is 0 Å². The maximum Gasteiger partial charge on any atom is 0.137 e. The van der Waals surface area contributed by atoms with Gasteiger partial charge in [0.25, 0.3) is 0 Å². The summed E-state index contributed by atoms with van der Waals surface area (Å²) in [6.45, 7) is 12.1. The Hall–Kier alpha value is -2.73. The second kappa shape index (κ2) is 10.0. The van der Waals surface area contributed by atoms with E-state index in [0.717, 1.165) is 58.2 Å². The van der Waals surface area contributed by atoms with Gasteiger partial charge in [-0.05, 0) is 62.4 Å². The van der Waals surface area contributed by atoms with Crippen molar-refractivity contribution in [3.8, 4) is 5.75 Å². The van der Waals surface area contributed by atoms with E-state index in [-0.39, 0.29) is 5.92 Å². The van der Waals surface area contributed by atoms with Crippen LogP contribution in [-0.4, -0.2) is 49.7 Å². The lowest BCUT2D eigenvalue weighted by molar-refractivity contribution is 0.276. The fourth-order valence-electron chi connectivity index (χ4n) is 4.61. The Balaban J connectivity index is 1.65. The molecule has 0 bridgehead atoms. The standard InChI is InChI=1S/C27H35FN4O/c1-6-19-12-22(33-5)13-25(26(19)17(2)3)31-18(4)23-8-7-11-29-27(23)32-15-20(24(28)16-32)14-30-21-9-10-21/h7-8,11-13,20-21,24,30H,2,6,9-10,14-16H2,1,3-5H3/b31-18+. The molecule has 1 aromatic carbocycles. The normalized spacial score (nSPS) is 20.9. The van der Waals surface area contributed by atoms with E-state index in [1.165, 1.54) is 12.8 Å². The van der Waals surface area contributed by atoms with Crippen LogP contribution in [0.2, 0.25) is 0 Å². The smallest absolute Gasteiger partial charge is 0.137 e. The molecule has 1 aliphatic heterocycles. The number of methoxy groups -OCH3 is 1. The number of nitrogens with zero attached hydrogens (tertiary/aromatic N) is 3. The monoisotopic (exact) mass is 450 g/mol. The lowest BCUT2D eigenvalue weighted by atomic mass is 9.97. The lowest BCUT2D eigenvalue weighted by Crippen LogP contribution is -2.30. The third-order valence-corrected chi connectivity index (χ3v) is 6.59. The van der Waals surface area contributed by atoms with Crippen LogP contribution in [0.4, 0.5) is 15.9 Å². The van der Waals surface area contributed by atoms with Crippen LogP contribution in [0, 0.1) is 5.92 Å². The van der Waals surface area contributed by atoms with Crippen LogP contribution in [0.15, 0.2) is 42.0 Å². The summed E-state index contributed by atoms with van der Waals surface area (Å²) in [6.07, 6.45) is 4.20. The van der Waals surface area contributed by atoms with E-state index >= 15 is 0 Å². The van der Waals surface area contributed by atoms with Gasteiger partial charge in [0.05, 0.1) is 19.3 Å². The van der Waals surface area contributed by atoms with Crippen LogP contribution in [0.25, 0.3) is 5.57 Å². The number of benzene rings is 1. The van der Waals surface area contributed by atoms with Gasteiger partial charge in [0, 0.05) is 54.2 Å². The highest BCUT2D eigenvalue weighted by Crippen LogP contribution is 2.35. The van der Waals surface area contributed by atoms with E-state index in [2.05, 4.69) is 34.8 Å². The van der Waals surface area contributed by atoms with Gasteiger partial charge in [0.15, 0.2) is 0 Å². The molecule has 0 radical (unpaired) electrons. The molecular formula is C27H35FN4O. The number of hydrogen-bond acceptors (Lipinski definition) is 5. The van der Waals surface area contributed by atoms with Gasteiger partial charge in [-0.25, -0.2) is 9.37 Å². The maximum absolute atomic E-state index is 14.8. The number of hydrogen-bond donors (Lipinski definition) is 1. The van der Waals surface area contributed by atoms with Crippen LogP contribution in [0.1, 0.15) is 50.3 Å². The van der Waals surface area contributed by atoms with Crippen molar-refractivity contribution < 1.29 is 9.13 Å². The third-order valence-electron chi connectivity index (χ3n) is 6.59. The van der Waals surface area contributed by atoms with Crippen molar-refractivity contribution in [2.24, 2.45) is 10.9 Å². The van der Waals surface area contributed by atoms with Gasteiger partial charge in [-0.1, -0.05) is 13.5 Å². The number of nitrogens with one attached hydrogen (secondary N) is 1. The topological polar surface area (TPSA) is 49.8 Å². The molecule has 2 aromatic rings. The number of aryl methyl sites for hydroxylation is 1. The Bertz CT molecular complexity index is 1050.